The number of urea groups is 1. The van der Waals surface area contributed by atoms with Crippen LogP contribution in [0.25, 0.3) is 0 Å². The second-order valence-electron chi connectivity index (χ2n) is 6.86. The van der Waals surface area contributed by atoms with E-state index in [0.29, 0.717) is 25.6 Å². The fourth-order valence-corrected chi connectivity index (χ4v) is 3.31. The smallest absolute Gasteiger partial charge is 0.321 e. The summed E-state index contributed by atoms with van der Waals surface area (Å²) in [5.41, 5.74) is 0.215. The van der Waals surface area contributed by atoms with Gasteiger partial charge in [0.1, 0.15) is 11.6 Å². The Morgan fingerprint density at radius 2 is 1.61 bits per heavy atom. The van der Waals surface area contributed by atoms with Crippen LogP contribution in [0.3, 0.4) is 0 Å². The van der Waals surface area contributed by atoms with E-state index in [9.17, 15) is 18.4 Å². The molecule has 1 aliphatic heterocycles. The number of nitrogens with one attached hydrogen (secondary N) is 2. The summed E-state index contributed by atoms with van der Waals surface area (Å²) in [6.07, 6.45) is 2.38. The Morgan fingerprint density at radius 1 is 0.964 bits per heavy atom. The zero-order valence-corrected chi connectivity index (χ0v) is 15.5. The highest BCUT2D eigenvalue weighted by molar-refractivity contribution is 5.94. The quantitative estimate of drug-likeness (QED) is 0.814. The molecule has 0 radical (unpaired) electrons. The number of halogens is 2. The van der Waals surface area contributed by atoms with Crippen molar-refractivity contribution in [2.75, 3.05) is 25.0 Å². The van der Waals surface area contributed by atoms with Crippen molar-refractivity contribution in [1.82, 2.24) is 10.2 Å². The third-order valence-electron chi connectivity index (χ3n) is 4.97. The molecule has 1 aliphatic rings. The number of hydrogen-bond acceptors (Lipinski definition) is 2. The summed E-state index contributed by atoms with van der Waals surface area (Å²) in [4.78, 5) is 25.9. The highest BCUT2D eigenvalue weighted by Crippen LogP contribution is 2.21. The van der Waals surface area contributed by atoms with Crippen molar-refractivity contribution in [3.63, 3.8) is 0 Å². The second-order valence-corrected chi connectivity index (χ2v) is 6.86. The standard InChI is InChI=1S/C21H23F2N3O2/c22-17-6-2-1-5-16(17)20(27)24-12-9-15-10-13-26(14-11-15)21(28)25-19-8-4-3-7-18(19)23/h1-8,15H,9-14H2,(H,24,27)(H,25,28). The van der Waals surface area contributed by atoms with E-state index in [4.69, 9.17) is 0 Å². The predicted octanol–water partition coefficient (Wildman–Crippen LogP) is 4.03. The molecule has 1 heterocycles. The summed E-state index contributed by atoms with van der Waals surface area (Å²) in [6.45, 7) is 1.61. The van der Waals surface area contributed by atoms with E-state index in [1.54, 1.807) is 29.2 Å². The Balaban J connectivity index is 1.39. The van der Waals surface area contributed by atoms with Crippen LogP contribution in [0.1, 0.15) is 29.6 Å². The van der Waals surface area contributed by atoms with Gasteiger partial charge in [-0.25, -0.2) is 13.6 Å². The monoisotopic (exact) mass is 387 g/mol. The van der Waals surface area contributed by atoms with Crippen molar-refractivity contribution in [2.24, 2.45) is 5.92 Å². The van der Waals surface area contributed by atoms with Gasteiger partial charge in [0.05, 0.1) is 11.3 Å². The van der Waals surface area contributed by atoms with E-state index in [-0.39, 0.29) is 17.3 Å². The molecule has 148 valence electrons. The number of likely N-dealkylation sites (tertiary alicyclic amines) is 1. The Morgan fingerprint density at radius 3 is 2.29 bits per heavy atom. The number of anilines is 1. The topological polar surface area (TPSA) is 61.4 Å². The van der Waals surface area contributed by atoms with Gasteiger partial charge in [0, 0.05) is 19.6 Å². The Kier molecular flexibility index (Phi) is 6.57. The number of benzene rings is 2. The molecule has 0 bridgehead atoms. The van der Waals surface area contributed by atoms with Gasteiger partial charge in [0.2, 0.25) is 0 Å². The third kappa shape index (κ3) is 5.06. The highest BCUT2D eigenvalue weighted by atomic mass is 19.1. The molecule has 0 aliphatic carbocycles. The average molecular weight is 387 g/mol. The maximum atomic E-state index is 13.6. The number of nitrogens with zero attached hydrogens (tertiary/aromatic N) is 1. The van der Waals surface area contributed by atoms with Crippen molar-refractivity contribution in [3.05, 3.63) is 65.7 Å². The predicted molar refractivity (Wildman–Crippen MR) is 103 cm³/mol. The third-order valence-corrected chi connectivity index (χ3v) is 4.97. The van der Waals surface area contributed by atoms with Gasteiger partial charge in [-0.05, 0) is 49.4 Å². The van der Waals surface area contributed by atoms with E-state index in [1.807, 2.05) is 0 Å². The number of rotatable bonds is 5. The summed E-state index contributed by atoms with van der Waals surface area (Å²) in [6, 6.07) is 11.6. The summed E-state index contributed by atoms with van der Waals surface area (Å²) in [5.74, 6) is -1.04. The lowest BCUT2D eigenvalue weighted by Crippen LogP contribution is -2.41. The van der Waals surface area contributed by atoms with Crippen LogP contribution < -0.4 is 10.6 Å². The van der Waals surface area contributed by atoms with Crippen molar-refractivity contribution < 1.29 is 18.4 Å². The maximum absolute atomic E-state index is 13.6. The molecule has 3 amide bonds. The fraction of sp³-hybridized carbons (Fsp3) is 0.333. The van der Waals surface area contributed by atoms with Crippen LogP contribution in [0.15, 0.2) is 48.5 Å². The Labute approximate surface area is 162 Å². The fourth-order valence-electron chi connectivity index (χ4n) is 3.31. The average Bonchev–Trinajstić information content (AvgIpc) is 2.70. The van der Waals surface area contributed by atoms with E-state index in [1.165, 1.54) is 24.3 Å². The van der Waals surface area contributed by atoms with Gasteiger partial charge in [-0.15, -0.1) is 0 Å². The van der Waals surface area contributed by atoms with Gasteiger partial charge in [-0.2, -0.15) is 0 Å². The largest absolute Gasteiger partial charge is 0.352 e. The molecule has 0 saturated carbocycles. The molecule has 1 saturated heterocycles. The van der Waals surface area contributed by atoms with Crippen LogP contribution in [0.2, 0.25) is 0 Å². The molecule has 2 N–H and O–H groups in total. The van der Waals surface area contributed by atoms with Gasteiger partial charge >= 0.3 is 6.03 Å². The number of amides is 3. The van der Waals surface area contributed by atoms with E-state index >= 15 is 0 Å². The zero-order chi connectivity index (χ0) is 19.9. The Bertz CT molecular complexity index is 836. The van der Waals surface area contributed by atoms with Crippen LogP contribution in [-0.2, 0) is 0 Å². The number of para-hydroxylation sites is 1. The summed E-state index contributed by atoms with van der Waals surface area (Å²) < 4.78 is 27.2. The molecule has 0 atom stereocenters. The second kappa shape index (κ2) is 9.30. The normalized spacial score (nSPS) is 14.6. The first-order chi connectivity index (χ1) is 13.5. The molecule has 28 heavy (non-hydrogen) atoms. The summed E-state index contributed by atoms with van der Waals surface area (Å²) >= 11 is 0. The molecular weight excluding hydrogens is 364 g/mol. The highest BCUT2D eigenvalue weighted by Gasteiger charge is 2.23. The van der Waals surface area contributed by atoms with Gasteiger partial charge in [0.15, 0.2) is 0 Å². The van der Waals surface area contributed by atoms with E-state index in [2.05, 4.69) is 10.6 Å². The minimum absolute atomic E-state index is 0.0436. The molecule has 0 unspecified atom stereocenters. The maximum Gasteiger partial charge on any atom is 0.321 e. The lowest BCUT2D eigenvalue weighted by molar-refractivity contribution is 0.0945. The van der Waals surface area contributed by atoms with Crippen LogP contribution >= 0.6 is 0 Å². The van der Waals surface area contributed by atoms with Crippen LogP contribution in [0, 0.1) is 17.6 Å². The number of carbonyl (C=O) groups excluding carboxylic acids is 2. The minimum atomic E-state index is -0.533. The molecule has 0 aromatic heterocycles. The number of hydrogen-bond donors (Lipinski definition) is 2. The van der Waals surface area contributed by atoms with Crippen molar-refractivity contribution in [3.8, 4) is 0 Å². The van der Waals surface area contributed by atoms with E-state index < -0.39 is 17.5 Å². The lowest BCUT2D eigenvalue weighted by atomic mass is 9.93. The van der Waals surface area contributed by atoms with Crippen LogP contribution in [-0.4, -0.2) is 36.5 Å². The first kappa shape index (κ1) is 19.8. The van der Waals surface area contributed by atoms with Crippen molar-refractivity contribution >= 4 is 17.6 Å². The number of piperidine rings is 1. The summed E-state index contributed by atoms with van der Waals surface area (Å²) in [5, 5.41) is 5.34. The summed E-state index contributed by atoms with van der Waals surface area (Å²) in [7, 11) is 0. The van der Waals surface area contributed by atoms with Gasteiger partial charge in [-0.1, -0.05) is 24.3 Å². The molecule has 0 spiro atoms. The zero-order valence-electron chi connectivity index (χ0n) is 15.5. The van der Waals surface area contributed by atoms with Gasteiger partial charge < -0.3 is 15.5 Å². The Hall–Kier alpha value is -2.96. The molecular formula is C21H23F2N3O2. The van der Waals surface area contributed by atoms with E-state index in [0.717, 1.165) is 19.3 Å². The lowest BCUT2D eigenvalue weighted by Gasteiger charge is -2.32. The van der Waals surface area contributed by atoms with Gasteiger partial charge in [0.25, 0.3) is 5.91 Å². The SMILES string of the molecule is O=C(NCCC1CCN(C(=O)Nc2ccccc2F)CC1)c1ccccc1F. The first-order valence-electron chi connectivity index (χ1n) is 9.38. The van der Waals surface area contributed by atoms with Crippen molar-refractivity contribution in [2.45, 2.75) is 19.3 Å². The molecule has 1 fully saturated rings. The number of carbonyl (C=O) groups is 2. The molecule has 2 aromatic rings. The van der Waals surface area contributed by atoms with Crippen molar-refractivity contribution in [1.29, 1.82) is 0 Å². The van der Waals surface area contributed by atoms with Crippen LogP contribution in [0.5, 0.6) is 0 Å². The first-order valence-corrected chi connectivity index (χ1v) is 9.38. The van der Waals surface area contributed by atoms with Crippen LogP contribution in [0.4, 0.5) is 19.3 Å². The molecule has 2 aromatic carbocycles. The molecule has 5 nitrogen and oxygen atoms in total. The molecule has 3 rings (SSSR count). The minimum Gasteiger partial charge on any atom is -0.352 e. The van der Waals surface area contributed by atoms with Gasteiger partial charge in [-0.3, -0.25) is 4.79 Å². The molecule has 7 heteroatoms.